The van der Waals surface area contributed by atoms with Crippen molar-refractivity contribution in [3.05, 3.63) is 99.7 Å². The highest BCUT2D eigenvalue weighted by Crippen LogP contribution is 2.35. The van der Waals surface area contributed by atoms with Crippen LogP contribution in [-0.2, 0) is 9.59 Å². The summed E-state index contributed by atoms with van der Waals surface area (Å²) in [5.41, 5.74) is 3.05. The monoisotopic (exact) mass is 422 g/mol. The number of hydrogen-bond acceptors (Lipinski definition) is 3. The Bertz CT molecular complexity index is 1140. The van der Waals surface area contributed by atoms with E-state index in [1.54, 1.807) is 60.7 Å². The fourth-order valence-electron chi connectivity index (χ4n) is 3.22. The molecule has 4 rings (SSSR count). The lowest BCUT2D eigenvalue weighted by Gasteiger charge is -2.15. The van der Waals surface area contributed by atoms with E-state index in [4.69, 9.17) is 23.2 Å². The van der Waals surface area contributed by atoms with Crippen molar-refractivity contribution in [1.82, 2.24) is 0 Å². The number of anilines is 2. The van der Waals surface area contributed by atoms with Gasteiger partial charge in [-0.25, -0.2) is 4.90 Å². The molecule has 1 aliphatic heterocycles. The zero-order valence-corrected chi connectivity index (χ0v) is 17.0. The second kappa shape index (κ2) is 7.74. The minimum Gasteiger partial charge on any atom is -0.350 e. The number of carbonyl (C=O) groups is 2. The second-order valence-corrected chi connectivity index (χ2v) is 7.42. The highest BCUT2D eigenvalue weighted by atomic mass is 35.5. The molecule has 0 saturated carbocycles. The van der Waals surface area contributed by atoms with Crippen molar-refractivity contribution in [2.75, 3.05) is 10.2 Å². The van der Waals surface area contributed by atoms with Crippen LogP contribution >= 0.6 is 23.2 Å². The summed E-state index contributed by atoms with van der Waals surface area (Å²) in [4.78, 5) is 27.8. The first-order valence-corrected chi connectivity index (χ1v) is 9.69. The number of carbonyl (C=O) groups excluding carboxylic acids is 2. The first kappa shape index (κ1) is 19.2. The maximum absolute atomic E-state index is 13.3. The van der Waals surface area contributed by atoms with Crippen LogP contribution in [0.5, 0.6) is 0 Å². The molecule has 0 fully saturated rings. The first-order valence-electron chi connectivity index (χ1n) is 8.93. The summed E-state index contributed by atoms with van der Waals surface area (Å²) < 4.78 is 0. The molecule has 1 aliphatic rings. The summed E-state index contributed by atoms with van der Waals surface area (Å²) in [6.07, 6.45) is 0. The number of imide groups is 1. The molecule has 0 aliphatic carbocycles. The fourth-order valence-corrected chi connectivity index (χ4v) is 3.52. The van der Waals surface area contributed by atoms with Crippen LogP contribution in [0.4, 0.5) is 11.4 Å². The maximum atomic E-state index is 13.3. The second-order valence-electron chi connectivity index (χ2n) is 6.58. The molecule has 0 unspecified atom stereocenters. The van der Waals surface area contributed by atoms with Crippen LogP contribution in [0.3, 0.4) is 0 Å². The Kier molecular flexibility index (Phi) is 5.14. The lowest BCUT2D eigenvalue weighted by Crippen LogP contribution is -2.32. The predicted molar refractivity (Wildman–Crippen MR) is 117 cm³/mol. The lowest BCUT2D eigenvalue weighted by molar-refractivity contribution is -0.120. The third-order valence-corrected chi connectivity index (χ3v) is 5.42. The van der Waals surface area contributed by atoms with Gasteiger partial charge in [0.05, 0.1) is 11.3 Å². The molecule has 29 heavy (non-hydrogen) atoms. The van der Waals surface area contributed by atoms with E-state index in [0.29, 0.717) is 27.0 Å². The summed E-state index contributed by atoms with van der Waals surface area (Å²) >= 11 is 12.2. The fraction of sp³-hybridized carbons (Fsp3) is 0.0435. The minimum atomic E-state index is -0.425. The number of rotatable bonds is 4. The van der Waals surface area contributed by atoms with Gasteiger partial charge in [0, 0.05) is 15.7 Å². The molecule has 0 aromatic heterocycles. The predicted octanol–water partition coefficient (Wildman–Crippen LogP) is 5.70. The van der Waals surface area contributed by atoms with E-state index in [-0.39, 0.29) is 11.3 Å². The summed E-state index contributed by atoms with van der Waals surface area (Å²) in [6, 6.07) is 21.1. The number of para-hydroxylation sites is 1. The molecule has 0 radical (unpaired) electrons. The molecule has 0 saturated heterocycles. The molecule has 4 nitrogen and oxygen atoms in total. The van der Waals surface area contributed by atoms with E-state index in [1.165, 1.54) is 4.90 Å². The minimum absolute atomic E-state index is 0.201. The Labute approximate surface area is 178 Å². The Hall–Kier alpha value is -3.08. The third kappa shape index (κ3) is 3.53. The summed E-state index contributed by atoms with van der Waals surface area (Å²) in [6.45, 7) is 1.85. The van der Waals surface area contributed by atoms with Gasteiger partial charge in [0.1, 0.15) is 5.70 Å². The van der Waals surface area contributed by atoms with Gasteiger partial charge in [-0.3, -0.25) is 9.59 Å². The van der Waals surface area contributed by atoms with E-state index >= 15 is 0 Å². The molecule has 1 N–H and O–H groups in total. The van der Waals surface area contributed by atoms with Crippen molar-refractivity contribution in [3.8, 4) is 0 Å². The third-order valence-electron chi connectivity index (χ3n) is 4.76. The van der Waals surface area contributed by atoms with Crippen LogP contribution in [-0.4, -0.2) is 11.8 Å². The molecular weight excluding hydrogens is 407 g/mol. The van der Waals surface area contributed by atoms with Crippen molar-refractivity contribution >= 4 is 52.0 Å². The lowest BCUT2D eigenvalue weighted by atomic mass is 10.0. The molecule has 6 heteroatoms. The topological polar surface area (TPSA) is 49.4 Å². The van der Waals surface area contributed by atoms with Gasteiger partial charge in [-0.2, -0.15) is 0 Å². The molecule has 3 aromatic carbocycles. The Morgan fingerprint density at radius 1 is 0.793 bits per heavy atom. The molecule has 2 amide bonds. The van der Waals surface area contributed by atoms with Crippen LogP contribution in [0.1, 0.15) is 11.1 Å². The molecule has 3 aromatic rings. The van der Waals surface area contributed by atoms with Crippen molar-refractivity contribution in [3.63, 3.8) is 0 Å². The van der Waals surface area contributed by atoms with Crippen LogP contribution in [0.15, 0.2) is 78.5 Å². The summed E-state index contributed by atoms with van der Waals surface area (Å²) in [7, 11) is 0. The quantitative estimate of drug-likeness (QED) is 0.548. The average Bonchev–Trinajstić information content (AvgIpc) is 2.96. The van der Waals surface area contributed by atoms with E-state index < -0.39 is 11.8 Å². The molecular formula is C23H16Cl2N2O2. The van der Waals surface area contributed by atoms with Gasteiger partial charge in [0.15, 0.2) is 0 Å². The van der Waals surface area contributed by atoms with Gasteiger partial charge in [-0.1, -0.05) is 59.6 Å². The highest BCUT2D eigenvalue weighted by molar-refractivity contribution is 6.46. The van der Waals surface area contributed by atoms with Crippen LogP contribution in [0.25, 0.3) is 5.57 Å². The zero-order chi connectivity index (χ0) is 20.5. The highest BCUT2D eigenvalue weighted by Gasteiger charge is 2.40. The average molecular weight is 423 g/mol. The van der Waals surface area contributed by atoms with Crippen LogP contribution in [0.2, 0.25) is 10.0 Å². The smallest absolute Gasteiger partial charge is 0.282 e. The Balaban J connectivity index is 1.85. The van der Waals surface area contributed by atoms with E-state index in [0.717, 1.165) is 5.56 Å². The maximum Gasteiger partial charge on any atom is 0.282 e. The standard InChI is InChI=1S/C23H16Cl2N2O2/c1-14-18(25)8-5-9-19(14)26-21-20(15-10-12-16(24)13-11-15)22(28)27(23(21)29)17-6-3-2-4-7-17/h2-13,26H,1H3. The van der Waals surface area contributed by atoms with E-state index in [2.05, 4.69) is 5.32 Å². The number of hydrogen-bond donors (Lipinski definition) is 1. The Morgan fingerprint density at radius 2 is 1.48 bits per heavy atom. The van der Waals surface area contributed by atoms with Gasteiger partial charge >= 0.3 is 0 Å². The number of amides is 2. The molecule has 0 bridgehead atoms. The van der Waals surface area contributed by atoms with Crippen LogP contribution in [0, 0.1) is 6.92 Å². The van der Waals surface area contributed by atoms with Gasteiger partial charge in [0.25, 0.3) is 11.8 Å². The molecule has 0 spiro atoms. The van der Waals surface area contributed by atoms with E-state index in [9.17, 15) is 9.59 Å². The van der Waals surface area contributed by atoms with Crippen LogP contribution < -0.4 is 10.2 Å². The van der Waals surface area contributed by atoms with Crippen molar-refractivity contribution in [1.29, 1.82) is 0 Å². The van der Waals surface area contributed by atoms with Gasteiger partial charge in [-0.15, -0.1) is 0 Å². The van der Waals surface area contributed by atoms with Gasteiger partial charge in [0.2, 0.25) is 0 Å². The number of nitrogens with zero attached hydrogens (tertiary/aromatic N) is 1. The van der Waals surface area contributed by atoms with E-state index in [1.807, 2.05) is 19.1 Å². The number of halogens is 2. The zero-order valence-electron chi connectivity index (χ0n) is 15.4. The van der Waals surface area contributed by atoms with Crippen molar-refractivity contribution in [2.45, 2.75) is 6.92 Å². The molecule has 144 valence electrons. The van der Waals surface area contributed by atoms with Gasteiger partial charge < -0.3 is 5.32 Å². The number of benzene rings is 3. The SMILES string of the molecule is Cc1c(Cl)cccc1NC1=C(c2ccc(Cl)cc2)C(=O)N(c2ccccc2)C1=O. The molecule has 1 heterocycles. The molecule has 0 atom stereocenters. The van der Waals surface area contributed by atoms with Crippen molar-refractivity contribution in [2.24, 2.45) is 0 Å². The van der Waals surface area contributed by atoms with Gasteiger partial charge in [-0.05, 0) is 54.4 Å². The normalized spacial score (nSPS) is 14.0. The summed E-state index contributed by atoms with van der Waals surface area (Å²) in [5.74, 6) is -0.823. The Morgan fingerprint density at radius 3 is 2.17 bits per heavy atom. The number of nitrogens with one attached hydrogen (secondary N) is 1. The summed E-state index contributed by atoms with van der Waals surface area (Å²) in [5, 5.41) is 4.26. The van der Waals surface area contributed by atoms with Crippen molar-refractivity contribution < 1.29 is 9.59 Å². The largest absolute Gasteiger partial charge is 0.350 e. The first-order chi connectivity index (χ1) is 14.0.